The van der Waals surface area contributed by atoms with Crippen molar-refractivity contribution in [2.45, 2.75) is 6.54 Å². The summed E-state index contributed by atoms with van der Waals surface area (Å²) in [5.74, 6) is -3.06. The third-order valence-electron chi connectivity index (χ3n) is 5.16. The fraction of sp³-hybridized carbons (Fsp3) is 0.0455. The number of nitro groups is 1. The van der Waals surface area contributed by atoms with Crippen molar-refractivity contribution < 1.29 is 19.3 Å². The van der Waals surface area contributed by atoms with Gasteiger partial charge < -0.3 is 0 Å². The third-order valence-corrected chi connectivity index (χ3v) is 7.34. The second kappa shape index (κ2) is 9.64. The van der Waals surface area contributed by atoms with E-state index < -0.39 is 34.9 Å². The Hall–Kier alpha value is -2.88. The van der Waals surface area contributed by atoms with Crippen molar-refractivity contribution in [3.63, 3.8) is 0 Å². The average molecular weight is 574 g/mol. The SMILES string of the molecule is O=C(c1ccccc1[N+](=O)[O-])N(Cc1ccccc1Cl)N1C(=O)c2c(Cl)c(Cl)c(Cl)c(Cl)c2C1=O. The highest BCUT2D eigenvalue weighted by atomic mass is 35.5. The van der Waals surface area contributed by atoms with Gasteiger partial charge in [-0.05, 0) is 17.7 Å². The highest BCUT2D eigenvalue weighted by Gasteiger charge is 2.46. The van der Waals surface area contributed by atoms with Gasteiger partial charge in [0.05, 0.1) is 42.7 Å². The number of rotatable bonds is 5. The van der Waals surface area contributed by atoms with Crippen LogP contribution >= 0.6 is 58.0 Å². The predicted molar refractivity (Wildman–Crippen MR) is 131 cm³/mol. The Morgan fingerprint density at radius 2 is 1.34 bits per heavy atom. The van der Waals surface area contributed by atoms with Crippen molar-refractivity contribution in [1.29, 1.82) is 0 Å². The first-order valence-electron chi connectivity index (χ1n) is 9.59. The fourth-order valence-corrected chi connectivity index (χ4v) is 4.74. The molecule has 8 nitrogen and oxygen atoms in total. The van der Waals surface area contributed by atoms with E-state index in [2.05, 4.69) is 0 Å². The van der Waals surface area contributed by atoms with E-state index in [1.54, 1.807) is 24.3 Å². The van der Waals surface area contributed by atoms with Gasteiger partial charge in [-0.3, -0.25) is 24.5 Å². The van der Waals surface area contributed by atoms with E-state index in [-0.39, 0.29) is 41.8 Å². The molecule has 13 heteroatoms. The summed E-state index contributed by atoms with van der Waals surface area (Å²) in [7, 11) is 0. The molecule has 0 N–H and O–H groups in total. The molecule has 0 aliphatic carbocycles. The summed E-state index contributed by atoms with van der Waals surface area (Å²) in [6.45, 7) is -0.396. The number of hydrazine groups is 1. The first-order chi connectivity index (χ1) is 16.6. The molecule has 178 valence electrons. The Balaban J connectivity index is 1.90. The number of halogens is 5. The highest BCUT2D eigenvalue weighted by molar-refractivity contribution is 6.55. The zero-order valence-electron chi connectivity index (χ0n) is 17.1. The summed E-state index contributed by atoms with van der Waals surface area (Å²) in [4.78, 5) is 51.3. The summed E-state index contributed by atoms with van der Waals surface area (Å²) in [6.07, 6.45) is 0. The molecule has 0 bridgehead atoms. The zero-order valence-corrected chi connectivity index (χ0v) is 20.9. The van der Waals surface area contributed by atoms with Crippen LogP contribution in [0.4, 0.5) is 5.69 Å². The molecule has 3 aromatic rings. The first kappa shape index (κ1) is 25.2. The molecule has 0 saturated heterocycles. The molecule has 1 aliphatic heterocycles. The van der Waals surface area contributed by atoms with E-state index in [9.17, 15) is 24.5 Å². The molecule has 35 heavy (non-hydrogen) atoms. The lowest BCUT2D eigenvalue weighted by atomic mass is 10.1. The molecule has 0 spiro atoms. The van der Waals surface area contributed by atoms with Crippen LogP contribution in [-0.2, 0) is 6.54 Å². The number of imide groups is 1. The van der Waals surface area contributed by atoms with Gasteiger partial charge in [0, 0.05) is 11.1 Å². The molecule has 1 heterocycles. The second-order valence-electron chi connectivity index (χ2n) is 7.16. The number of amides is 3. The average Bonchev–Trinajstić information content (AvgIpc) is 3.10. The molecule has 4 rings (SSSR count). The quantitative estimate of drug-likeness (QED) is 0.111. The molecule has 3 aromatic carbocycles. The summed E-state index contributed by atoms with van der Waals surface area (Å²) >= 11 is 30.8. The number of carbonyl (C=O) groups is 3. The number of fused-ring (bicyclic) bond motifs is 1. The van der Waals surface area contributed by atoms with E-state index in [4.69, 9.17) is 58.0 Å². The topological polar surface area (TPSA) is 101 Å². The van der Waals surface area contributed by atoms with Crippen LogP contribution in [0, 0.1) is 10.1 Å². The standard InChI is InChI=1S/C22H10Cl5N3O5/c23-12-7-3-1-5-10(12)9-28(20(31)11-6-2-4-8-13(11)30(34)35)29-21(32)14-15(22(29)33)17(25)19(27)18(26)16(14)24/h1-8H,9H2. The lowest BCUT2D eigenvalue weighted by Gasteiger charge is -2.30. The molecule has 3 amide bonds. The van der Waals surface area contributed by atoms with Gasteiger partial charge in [-0.2, -0.15) is 5.01 Å². The van der Waals surface area contributed by atoms with Crippen LogP contribution in [0.3, 0.4) is 0 Å². The van der Waals surface area contributed by atoms with Gasteiger partial charge in [-0.1, -0.05) is 88.3 Å². The zero-order chi connectivity index (χ0) is 25.6. The van der Waals surface area contributed by atoms with Crippen LogP contribution in [0.5, 0.6) is 0 Å². The molecule has 0 saturated carbocycles. The molecule has 0 radical (unpaired) electrons. The lowest BCUT2D eigenvalue weighted by molar-refractivity contribution is -0.385. The molecule has 0 aromatic heterocycles. The maximum atomic E-state index is 13.6. The number of hydrogen-bond acceptors (Lipinski definition) is 5. The van der Waals surface area contributed by atoms with Crippen molar-refractivity contribution in [3.8, 4) is 0 Å². The van der Waals surface area contributed by atoms with Gasteiger partial charge in [-0.15, -0.1) is 0 Å². The van der Waals surface area contributed by atoms with E-state index in [0.29, 0.717) is 10.6 Å². The van der Waals surface area contributed by atoms with Crippen molar-refractivity contribution in [1.82, 2.24) is 10.0 Å². The van der Waals surface area contributed by atoms with Crippen LogP contribution in [-0.4, -0.2) is 32.7 Å². The first-order valence-corrected chi connectivity index (χ1v) is 11.5. The Bertz CT molecular complexity index is 1400. The van der Waals surface area contributed by atoms with Gasteiger partial charge in [0.25, 0.3) is 23.4 Å². The molecule has 1 aliphatic rings. The molecule has 0 atom stereocenters. The van der Waals surface area contributed by atoms with Crippen LogP contribution in [0.15, 0.2) is 48.5 Å². The maximum Gasteiger partial charge on any atom is 0.282 e. The number of nitro benzene ring substituents is 1. The van der Waals surface area contributed by atoms with Crippen molar-refractivity contribution >= 4 is 81.4 Å². The van der Waals surface area contributed by atoms with E-state index in [0.717, 1.165) is 11.1 Å². The van der Waals surface area contributed by atoms with Crippen LogP contribution < -0.4 is 0 Å². The normalized spacial score (nSPS) is 12.7. The van der Waals surface area contributed by atoms with E-state index in [1.165, 1.54) is 18.2 Å². The highest BCUT2D eigenvalue weighted by Crippen LogP contribution is 2.45. The smallest absolute Gasteiger partial charge is 0.267 e. The monoisotopic (exact) mass is 571 g/mol. The van der Waals surface area contributed by atoms with Crippen LogP contribution in [0.1, 0.15) is 36.6 Å². The van der Waals surface area contributed by atoms with E-state index in [1.807, 2.05) is 0 Å². The lowest BCUT2D eigenvalue weighted by Crippen LogP contribution is -2.49. The van der Waals surface area contributed by atoms with Crippen LogP contribution in [0.25, 0.3) is 0 Å². The van der Waals surface area contributed by atoms with Gasteiger partial charge in [-0.25, -0.2) is 5.01 Å². The summed E-state index contributed by atoms with van der Waals surface area (Å²) in [6, 6.07) is 11.5. The van der Waals surface area contributed by atoms with Crippen molar-refractivity contribution in [3.05, 3.63) is 106 Å². The number of nitrogens with zero attached hydrogens (tertiary/aromatic N) is 3. The van der Waals surface area contributed by atoms with Crippen molar-refractivity contribution in [2.24, 2.45) is 0 Å². The second-order valence-corrected chi connectivity index (χ2v) is 9.08. The molecule has 0 unspecified atom stereocenters. The third kappa shape index (κ3) is 4.22. The van der Waals surface area contributed by atoms with Gasteiger partial charge in [0.2, 0.25) is 0 Å². The summed E-state index contributed by atoms with van der Waals surface area (Å²) < 4.78 is 0. The number of carbonyl (C=O) groups excluding carboxylic acids is 3. The minimum absolute atomic E-state index is 0.228. The van der Waals surface area contributed by atoms with Crippen LogP contribution in [0.2, 0.25) is 25.1 Å². The number of benzene rings is 3. The molecular formula is C22H10Cl5N3O5. The Labute approximate surface area is 222 Å². The Morgan fingerprint density at radius 1 is 0.829 bits per heavy atom. The van der Waals surface area contributed by atoms with E-state index >= 15 is 0 Å². The van der Waals surface area contributed by atoms with Gasteiger partial charge in [0.1, 0.15) is 5.56 Å². The number of para-hydroxylation sites is 1. The fourth-order valence-electron chi connectivity index (χ4n) is 3.53. The minimum atomic E-state index is -1.02. The van der Waals surface area contributed by atoms with Gasteiger partial charge in [0.15, 0.2) is 0 Å². The van der Waals surface area contributed by atoms with Crippen molar-refractivity contribution in [2.75, 3.05) is 0 Å². The molecule has 0 fully saturated rings. The number of hydrogen-bond donors (Lipinski definition) is 0. The van der Waals surface area contributed by atoms with Gasteiger partial charge >= 0.3 is 0 Å². The minimum Gasteiger partial charge on any atom is -0.267 e. The molecular weight excluding hydrogens is 564 g/mol. The maximum absolute atomic E-state index is 13.6. The Kier molecular flexibility index (Phi) is 6.95. The Morgan fingerprint density at radius 3 is 1.89 bits per heavy atom. The largest absolute Gasteiger partial charge is 0.282 e. The summed E-state index contributed by atoms with van der Waals surface area (Å²) in [5, 5.41) is 11.9. The summed E-state index contributed by atoms with van der Waals surface area (Å²) in [5.41, 5.74) is -1.24. The predicted octanol–water partition coefficient (Wildman–Crippen LogP) is 6.72.